The van der Waals surface area contributed by atoms with Gasteiger partial charge in [-0.2, -0.15) is 5.10 Å². The third-order valence-corrected chi connectivity index (χ3v) is 6.12. The Labute approximate surface area is 157 Å². The van der Waals surface area contributed by atoms with Gasteiger partial charge in [0.1, 0.15) is 6.33 Å². The summed E-state index contributed by atoms with van der Waals surface area (Å²) in [7, 11) is 1.93. The van der Waals surface area contributed by atoms with Crippen LogP contribution in [0.25, 0.3) is 5.69 Å². The molecule has 0 bridgehead atoms. The Balaban J connectivity index is 1.89. The number of hydrogen-bond acceptors (Lipinski definition) is 4. The molecule has 1 aliphatic rings. The van der Waals surface area contributed by atoms with Crippen molar-refractivity contribution in [3.63, 3.8) is 0 Å². The Morgan fingerprint density at radius 1 is 1.32 bits per heavy atom. The standard InChI is InChI=1S/C17H16BrN5OS/c1-10-13(7-20-22(10)2)16-15-17(21-14(24)8-25-16)19-9-23(15)12-5-3-11(18)4-6-12/h3-7,9,16H,8H2,1-2H3,(H,21,24). The van der Waals surface area contributed by atoms with Crippen molar-refractivity contribution in [3.05, 3.63) is 58.2 Å². The largest absolute Gasteiger partial charge is 0.308 e. The second-order valence-electron chi connectivity index (χ2n) is 5.87. The average molecular weight is 418 g/mol. The van der Waals surface area contributed by atoms with Crippen molar-refractivity contribution in [2.45, 2.75) is 12.2 Å². The molecule has 1 N–H and O–H groups in total. The topological polar surface area (TPSA) is 64.7 Å². The van der Waals surface area contributed by atoms with Gasteiger partial charge in [0.25, 0.3) is 0 Å². The number of thioether (sulfide) groups is 1. The Morgan fingerprint density at radius 3 is 2.76 bits per heavy atom. The van der Waals surface area contributed by atoms with E-state index in [1.807, 2.05) is 53.7 Å². The summed E-state index contributed by atoms with van der Waals surface area (Å²) in [4.78, 5) is 16.6. The molecule has 1 unspecified atom stereocenters. The van der Waals surface area contributed by atoms with Crippen molar-refractivity contribution in [1.29, 1.82) is 0 Å². The van der Waals surface area contributed by atoms with E-state index in [4.69, 9.17) is 0 Å². The fourth-order valence-electron chi connectivity index (χ4n) is 2.93. The van der Waals surface area contributed by atoms with Crippen molar-refractivity contribution in [1.82, 2.24) is 19.3 Å². The average Bonchev–Trinajstić information content (AvgIpc) is 3.10. The molecule has 8 heteroatoms. The van der Waals surface area contributed by atoms with E-state index in [-0.39, 0.29) is 11.2 Å². The zero-order valence-corrected chi connectivity index (χ0v) is 16.1. The molecule has 25 heavy (non-hydrogen) atoms. The number of aromatic nitrogens is 4. The number of aryl methyl sites for hydroxylation is 1. The highest BCUT2D eigenvalue weighted by molar-refractivity contribution is 9.10. The number of fused-ring (bicyclic) bond motifs is 1. The highest BCUT2D eigenvalue weighted by Gasteiger charge is 2.31. The normalized spacial score (nSPS) is 17.1. The van der Waals surface area contributed by atoms with Gasteiger partial charge in [-0.25, -0.2) is 4.98 Å². The molecule has 1 aliphatic heterocycles. The highest BCUT2D eigenvalue weighted by atomic mass is 79.9. The van der Waals surface area contributed by atoms with E-state index in [2.05, 4.69) is 31.3 Å². The number of hydrogen-bond donors (Lipinski definition) is 1. The van der Waals surface area contributed by atoms with E-state index < -0.39 is 0 Å². The Morgan fingerprint density at radius 2 is 2.08 bits per heavy atom. The zero-order chi connectivity index (χ0) is 17.6. The van der Waals surface area contributed by atoms with Gasteiger partial charge in [0.2, 0.25) is 5.91 Å². The van der Waals surface area contributed by atoms with Crippen LogP contribution < -0.4 is 5.32 Å². The van der Waals surface area contributed by atoms with Crippen LogP contribution in [0.5, 0.6) is 0 Å². The maximum atomic E-state index is 12.1. The van der Waals surface area contributed by atoms with Crippen LogP contribution in [0.4, 0.5) is 5.82 Å². The van der Waals surface area contributed by atoms with Crippen molar-refractivity contribution in [3.8, 4) is 5.69 Å². The third-order valence-electron chi connectivity index (χ3n) is 4.35. The summed E-state index contributed by atoms with van der Waals surface area (Å²) in [6.45, 7) is 2.04. The molecule has 2 aromatic heterocycles. The van der Waals surface area contributed by atoms with E-state index in [1.54, 1.807) is 18.1 Å². The molecule has 0 saturated carbocycles. The Hall–Kier alpha value is -2.06. The highest BCUT2D eigenvalue weighted by Crippen LogP contribution is 2.42. The first kappa shape index (κ1) is 16.4. The van der Waals surface area contributed by atoms with Crippen LogP contribution in [0.3, 0.4) is 0 Å². The van der Waals surface area contributed by atoms with Gasteiger partial charge in [0, 0.05) is 28.5 Å². The molecule has 128 valence electrons. The van der Waals surface area contributed by atoms with Gasteiger partial charge in [-0.15, -0.1) is 11.8 Å². The van der Waals surface area contributed by atoms with Crippen molar-refractivity contribution >= 4 is 39.4 Å². The molecule has 0 radical (unpaired) electrons. The molecule has 1 aromatic carbocycles. The number of halogens is 1. The number of nitrogens with zero attached hydrogens (tertiary/aromatic N) is 4. The number of benzene rings is 1. The van der Waals surface area contributed by atoms with Crippen molar-refractivity contribution in [2.24, 2.45) is 7.05 Å². The second kappa shape index (κ2) is 6.34. The second-order valence-corrected chi connectivity index (χ2v) is 7.88. The molecule has 0 aliphatic carbocycles. The molecule has 1 atom stereocenters. The number of anilines is 1. The minimum Gasteiger partial charge on any atom is -0.308 e. The molecule has 4 rings (SSSR count). The Bertz CT molecular complexity index is 947. The number of carbonyl (C=O) groups is 1. The summed E-state index contributed by atoms with van der Waals surface area (Å²) in [6, 6.07) is 8.04. The minimum atomic E-state index is -0.0312. The molecular weight excluding hydrogens is 402 g/mol. The molecule has 6 nitrogen and oxygen atoms in total. The smallest absolute Gasteiger partial charge is 0.235 e. The molecular formula is C17H16BrN5OS. The lowest BCUT2D eigenvalue weighted by Gasteiger charge is -2.17. The van der Waals surface area contributed by atoms with Gasteiger partial charge in [0.15, 0.2) is 5.82 Å². The molecule has 0 spiro atoms. The molecule has 0 saturated heterocycles. The summed E-state index contributed by atoms with van der Waals surface area (Å²) in [6.07, 6.45) is 3.64. The van der Waals surface area contributed by atoms with E-state index in [9.17, 15) is 4.79 Å². The first-order chi connectivity index (χ1) is 12.0. The van der Waals surface area contributed by atoms with Crippen LogP contribution in [-0.4, -0.2) is 31.0 Å². The molecule has 3 heterocycles. The van der Waals surface area contributed by atoms with Gasteiger partial charge < -0.3 is 5.32 Å². The monoisotopic (exact) mass is 417 g/mol. The number of nitrogens with one attached hydrogen (secondary N) is 1. The fraction of sp³-hybridized carbons (Fsp3) is 0.235. The van der Waals surface area contributed by atoms with E-state index in [0.717, 1.165) is 27.1 Å². The first-order valence-electron chi connectivity index (χ1n) is 7.77. The van der Waals surface area contributed by atoms with E-state index >= 15 is 0 Å². The first-order valence-corrected chi connectivity index (χ1v) is 9.62. The van der Waals surface area contributed by atoms with Gasteiger partial charge in [-0.3, -0.25) is 14.0 Å². The molecule has 3 aromatic rings. The van der Waals surface area contributed by atoms with Crippen molar-refractivity contribution < 1.29 is 4.79 Å². The SMILES string of the molecule is Cc1c(C2SCC(=O)Nc3ncn(-c4ccc(Br)cc4)c32)cnn1C. The number of rotatable bonds is 2. The van der Waals surface area contributed by atoms with Crippen LogP contribution >= 0.6 is 27.7 Å². The minimum absolute atomic E-state index is 0.0196. The lowest BCUT2D eigenvalue weighted by molar-refractivity contribution is -0.113. The predicted octanol–water partition coefficient (Wildman–Crippen LogP) is 3.45. The summed E-state index contributed by atoms with van der Waals surface area (Å²) in [5.41, 5.74) is 4.15. The number of imidazole rings is 1. The van der Waals surface area contributed by atoms with Crippen LogP contribution in [0.15, 0.2) is 41.3 Å². The quantitative estimate of drug-likeness (QED) is 0.693. The number of amides is 1. The Kier molecular flexibility index (Phi) is 4.16. The zero-order valence-electron chi connectivity index (χ0n) is 13.7. The maximum Gasteiger partial charge on any atom is 0.235 e. The molecule has 1 amide bonds. The summed E-state index contributed by atoms with van der Waals surface area (Å²) in [5.74, 6) is 0.970. The van der Waals surface area contributed by atoms with Crippen LogP contribution in [-0.2, 0) is 11.8 Å². The lowest BCUT2D eigenvalue weighted by atomic mass is 10.1. The van der Waals surface area contributed by atoms with E-state index in [0.29, 0.717) is 11.6 Å². The maximum absolute atomic E-state index is 12.1. The van der Waals surface area contributed by atoms with Crippen LogP contribution in [0.2, 0.25) is 0 Å². The van der Waals surface area contributed by atoms with Gasteiger partial charge in [-0.05, 0) is 31.2 Å². The number of carbonyl (C=O) groups excluding carboxylic acids is 1. The lowest BCUT2D eigenvalue weighted by Crippen LogP contribution is -2.12. The van der Waals surface area contributed by atoms with E-state index in [1.165, 1.54) is 0 Å². The fourth-order valence-corrected chi connectivity index (χ4v) is 4.38. The summed E-state index contributed by atoms with van der Waals surface area (Å²) < 4.78 is 4.91. The molecule has 0 fully saturated rings. The van der Waals surface area contributed by atoms with Gasteiger partial charge in [0.05, 0.1) is 22.9 Å². The van der Waals surface area contributed by atoms with Gasteiger partial charge in [-0.1, -0.05) is 15.9 Å². The third kappa shape index (κ3) is 2.89. The summed E-state index contributed by atoms with van der Waals surface area (Å²) in [5, 5.41) is 7.28. The van der Waals surface area contributed by atoms with Crippen LogP contribution in [0.1, 0.15) is 22.2 Å². The van der Waals surface area contributed by atoms with Crippen molar-refractivity contribution in [2.75, 3.05) is 11.1 Å². The predicted molar refractivity (Wildman–Crippen MR) is 102 cm³/mol. The van der Waals surface area contributed by atoms with Crippen LogP contribution in [0, 0.1) is 6.92 Å². The summed E-state index contributed by atoms with van der Waals surface area (Å²) >= 11 is 5.06. The van der Waals surface area contributed by atoms with Gasteiger partial charge >= 0.3 is 0 Å².